The first-order valence-electron chi connectivity index (χ1n) is 8.44. The highest BCUT2D eigenvalue weighted by molar-refractivity contribution is 6.02. The Morgan fingerprint density at radius 3 is 2.72 bits per heavy atom. The van der Waals surface area contributed by atoms with Gasteiger partial charge in [-0.15, -0.1) is 0 Å². The van der Waals surface area contributed by atoms with Crippen LogP contribution in [0.15, 0.2) is 35.0 Å². The Hall–Kier alpha value is -2.70. The SMILES string of the molecule is C=CN=C(N=C)NC(=O)CN1C(=O)c2cc(C(C)C)cn2C2CCC21. The molecule has 2 unspecified atom stereocenters. The van der Waals surface area contributed by atoms with Gasteiger partial charge in [-0.1, -0.05) is 20.4 Å². The number of hydrogen-bond acceptors (Lipinski definition) is 3. The lowest BCUT2D eigenvalue weighted by atomic mass is 9.82. The van der Waals surface area contributed by atoms with Crippen molar-refractivity contribution in [2.75, 3.05) is 6.54 Å². The lowest BCUT2D eigenvalue weighted by Gasteiger charge is -2.48. The van der Waals surface area contributed by atoms with Gasteiger partial charge in [0.05, 0.1) is 12.1 Å². The number of nitrogens with zero attached hydrogens (tertiary/aromatic N) is 4. The standard InChI is InChI=1S/C18H23N5O2/c1-5-20-18(19-4)21-16(24)10-23-14-7-6-13(14)22-9-12(11(2)3)8-15(22)17(23)25/h5,8-9,11,13-14H,1,4,6-7,10H2,2-3H3,(H,20,21,24). The summed E-state index contributed by atoms with van der Waals surface area (Å²) >= 11 is 0. The van der Waals surface area contributed by atoms with Crippen LogP contribution in [0, 0.1) is 0 Å². The molecule has 1 aliphatic carbocycles. The minimum Gasteiger partial charge on any atom is -0.338 e. The van der Waals surface area contributed by atoms with E-state index in [2.05, 4.69) is 53.2 Å². The van der Waals surface area contributed by atoms with E-state index >= 15 is 0 Å². The molecule has 0 saturated heterocycles. The fourth-order valence-corrected chi connectivity index (χ4v) is 3.42. The third-order valence-electron chi connectivity index (χ3n) is 4.90. The van der Waals surface area contributed by atoms with Crippen LogP contribution >= 0.6 is 0 Å². The zero-order valence-electron chi connectivity index (χ0n) is 14.6. The van der Waals surface area contributed by atoms with Gasteiger partial charge >= 0.3 is 0 Å². The van der Waals surface area contributed by atoms with E-state index in [-0.39, 0.29) is 36.4 Å². The van der Waals surface area contributed by atoms with Crippen molar-refractivity contribution in [3.63, 3.8) is 0 Å². The van der Waals surface area contributed by atoms with E-state index in [0.29, 0.717) is 11.6 Å². The van der Waals surface area contributed by atoms with E-state index in [1.165, 1.54) is 6.20 Å². The first-order chi connectivity index (χ1) is 12.0. The van der Waals surface area contributed by atoms with E-state index in [0.717, 1.165) is 18.4 Å². The summed E-state index contributed by atoms with van der Waals surface area (Å²) in [5.74, 6) is 0.00506. The van der Waals surface area contributed by atoms with Crippen molar-refractivity contribution in [1.82, 2.24) is 14.8 Å². The lowest BCUT2D eigenvalue weighted by Crippen LogP contribution is -2.57. The summed E-state index contributed by atoms with van der Waals surface area (Å²) in [5, 5.41) is 2.55. The summed E-state index contributed by atoms with van der Waals surface area (Å²) in [4.78, 5) is 34.3. The molecule has 1 N–H and O–H groups in total. The summed E-state index contributed by atoms with van der Waals surface area (Å²) in [6, 6.07) is 2.27. The van der Waals surface area contributed by atoms with Crippen molar-refractivity contribution in [3.05, 3.63) is 36.3 Å². The number of aromatic nitrogens is 1. The number of guanidine groups is 1. The van der Waals surface area contributed by atoms with Crippen molar-refractivity contribution in [3.8, 4) is 0 Å². The Bertz CT molecular complexity index is 762. The van der Waals surface area contributed by atoms with Crippen molar-refractivity contribution >= 4 is 24.5 Å². The van der Waals surface area contributed by atoms with Crippen LogP contribution in [-0.2, 0) is 4.79 Å². The van der Waals surface area contributed by atoms with Crippen molar-refractivity contribution < 1.29 is 9.59 Å². The van der Waals surface area contributed by atoms with Crippen molar-refractivity contribution in [2.45, 2.75) is 44.7 Å². The van der Waals surface area contributed by atoms with E-state index in [1.54, 1.807) is 4.90 Å². The second-order valence-corrected chi connectivity index (χ2v) is 6.71. The molecule has 0 spiro atoms. The number of carbonyl (C=O) groups is 2. The quantitative estimate of drug-likeness (QED) is 0.672. The number of nitrogens with one attached hydrogen (secondary N) is 1. The molecule has 2 aliphatic rings. The Balaban J connectivity index is 1.80. The predicted molar refractivity (Wildman–Crippen MR) is 96.9 cm³/mol. The molecule has 2 heterocycles. The smallest absolute Gasteiger partial charge is 0.271 e. The zero-order valence-corrected chi connectivity index (χ0v) is 14.6. The Morgan fingerprint density at radius 1 is 1.44 bits per heavy atom. The lowest BCUT2D eigenvalue weighted by molar-refractivity contribution is -0.121. The van der Waals surface area contributed by atoms with E-state index in [4.69, 9.17) is 0 Å². The number of carbonyl (C=O) groups excluding carboxylic acids is 2. The molecule has 132 valence electrons. The number of aliphatic imine (C=N–C) groups is 2. The maximum atomic E-state index is 12.9. The zero-order chi connectivity index (χ0) is 18.1. The second-order valence-electron chi connectivity index (χ2n) is 6.71. The predicted octanol–water partition coefficient (Wildman–Crippen LogP) is 2.09. The minimum atomic E-state index is -0.337. The van der Waals surface area contributed by atoms with Crippen molar-refractivity contribution in [2.24, 2.45) is 9.98 Å². The van der Waals surface area contributed by atoms with Gasteiger partial charge in [-0.2, -0.15) is 0 Å². The van der Waals surface area contributed by atoms with Gasteiger partial charge in [-0.25, -0.2) is 9.98 Å². The Morgan fingerprint density at radius 2 is 2.16 bits per heavy atom. The normalized spacial score (nSPS) is 22.1. The molecule has 25 heavy (non-hydrogen) atoms. The highest BCUT2D eigenvalue weighted by Gasteiger charge is 2.45. The third kappa shape index (κ3) is 3.01. The van der Waals surface area contributed by atoms with Gasteiger partial charge in [0.2, 0.25) is 11.9 Å². The molecular formula is C18H23N5O2. The molecule has 0 aromatic carbocycles. The van der Waals surface area contributed by atoms with Crippen LogP contribution in [0.25, 0.3) is 0 Å². The summed E-state index contributed by atoms with van der Waals surface area (Å²) in [6.07, 6.45) is 5.29. The van der Waals surface area contributed by atoms with Gasteiger partial charge in [-0.05, 0) is 37.1 Å². The molecule has 7 heteroatoms. The number of hydrogen-bond donors (Lipinski definition) is 1. The molecule has 0 bridgehead atoms. The molecule has 1 fully saturated rings. The summed E-state index contributed by atoms with van der Waals surface area (Å²) in [6.45, 7) is 11.0. The largest absolute Gasteiger partial charge is 0.338 e. The number of amides is 2. The van der Waals surface area contributed by atoms with Gasteiger partial charge in [-0.3, -0.25) is 14.9 Å². The van der Waals surface area contributed by atoms with Crippen LogP contribution in [-0.4, -0.2) is 46.5 Å². The van der Waals surface area contributed by atoms with Gasteiger partial charge in [0.15, 0.2) is 0 Å². The van der Waals surface area contributed by atoms with Crippen LogP contribution in [0.4, 0.5) is 0 Å². The van der Waals surface area contributed by atoms with Gasteiger partial charge in [0.1, 0.15) is 12.2 Å². The summed E-state index contributed by atoms with van der Waals surface area (Å²) < 4.78 is 2.09. The van der Waals surface area contributed by atoms with Crippen LogP contribution < -0.4 is 5.32 Å². The molecular weight excluding hydrogens is 318 g/mol. The Kier molecular flexibility index (Phi) is 4.57. The van der Waals surface area contributed by atoms with E-state index in [1.807, 2.05) is 6.07 Å². The molecule has 2 atom stereocenters. The molecule has 1 aromatic rings. The molecule has 1 saturated carbocycles. The van der Waals surface area contributed by atoms with Gasteiger partial charge in [0, 0.05) is 12.4 Å². The highest BCUT2D eigenvalue weighted by Crippen LogP contribution is 2.42. The van der Waals surface area contributed by atoms with E-state index in [9.17, 15) is 9.59 Å². The highest BCUT2D eigenvalue weighted by atomic mass is 16.2. The topological polar surface area (TPSA) is 79.1 Å². The average molecular weight is 341 g/mol. The molecule has 1 aliphatic heterocycles. The molecule has 2 amide bonds. The van der Waals surface area contributed by atoms with Crippen LogP contribution in [0.1, 0.15) is 54.7 Å². The average Bonchev–Trinajstić information content (AvgIpc) is 2.96. The molecule has 1 aromatic heterocycles. The maximum Gasteiger partial charge on any atom is 0.271 e. The van der Waals surface area contributed by atoms with E-state index < -0.39 is 0 Å². The number of fused-ring (bicyclic) bond motifs is 3. The van der Waals surface area contributed by atoms with Crippen molar-refractivity contribution in [1.29, 1.82) is 0 Å². The van der Waals surface area contributed by atoms with Gasteiger partial charge < -0.3 is 9.47 Å². The summed E-state index contributed by atoms with van der Waals surface area (Å²) in [7, 11) is 0. The fourth-order valence-electron chi connectivity index (χ4n) is 3.42. The van der Waals surface area contributed by atoms with Gasteiger partial charge in [0.25, 0.3) is 5.91 Å². The Labute approximate surface area is 147 Å². The first kappa shape index (κ1) is 17.1. The second kappa shape index (κ2) is 6.66. The van der Waals surface area contributed by atoms with Crippen LogP contribution in [0.3, 0.4) is 0 Å². The maximum absolute atomic E-state index is 12.9. The summed E-state index contributed by atoms with van der Waals surface area (Å²) in [5.41, 5.74) is 1.82. The third-order valence-corrected chi connectivity index (χ3v) is 4.90. The minimum absolute atomic E-state index is 0.0200. The van der Waals surface area contributed by atoms with Crippen LogP contribution in [0.2, 0.25) is 0 Å². The monoisotopic (exact) mass is 341 g/mol. The number of rotatable bonds is 4. The first-order valence-corrected chi connectivity index (χ1v) is 8.44. The molecule has 7 nitrogen and oxygen atoms in total. The molecule has 3 rings (SSSR count). The molecule has 0 radical (unpaired) electrons. The fraction of sp³-hybridized carbons (Fsp3) is 0.444. The van der Waals surface area contributed by atoms with Crippen LogP contribution in [0.5, 0.6) is 0 Å².